The zero-order valence-corrected chi connectivity index (χ0v) is 5.52. The van der Waals surface area contributed by atoms with Crippen LogP contribution in [0, 0.1) is 0 Å². The molecule has 1 aromatic carbocycles. The zero-order valence-electron chi connectivity index (χ0n) is 5.52. The number of benzene rings is 1. The van der Waals surface area contributed by atoms with Crippen LogP contribution in [0.25, 0.3) is 0 Å². The van der Waals surface area contributed by atoms with Crippen LogP contribution in [0.15, 0.2) is 36.7 Å². The van der Waals surface area contributed by atoms with Gasteiger partial charge in [-0.25, -0.2) is 0 Å². The van der Waals surface area contributed by atoms with Crippen molar-refractivity contribution in [3.8, 4) is 0 Å². The summed E-state index contributed by atoms with van der Waals surface area (Å²) >= 11 is 0. The molecule has 1 aliphatic rings. The van der Waals surface area contributed by atoms with E-state index in [1.54, 1.807) is 0 Å². The highest BCUT2D eigenvalue weighted by Gasteiger charge is 2.08. The summed E-state index contributed by atoms with van der Waals surface area (Å²) in [6, 6.07) is 8.01. The van der Waals surface area contributed by atoms with E-state index in [0.717, 1.165) is 17.2 Å². The van der Waals surface area contributed by atoms with Gasteiger partial charge in [-0.1, -0.05) is 18.7 Å². The Bertz CT molecular complexity index is 251. The van der Waals surface area contributed by atoms with Crippen molar-refractivity contribution in [2.45, 2.75) is 0 Å². The minimum atomic E-state index is 0.848. The van der Waals surface area contributed by atoms with Gasteiger partial charge in [0.2, 0.25) is 0 Å². The topological polar surface area (TPSA) is 24.1 Å². The first kappa shape index (κ1) is 5.35. The van der Waals surface area contributed by atoms with E-state index < -0.39 is 0 Å². The van der Waals surface area contributed by atoms with E-state index in [1.807, 2.05) is 24.3 Å². The first-order valence-electron chi connectivity index (χ1n) is 3.18. The van der Waals surface area contributed by atoms with Crippen LogP contribution in [-0.2, 0) is 0 Å². The molecule has 1 heterocycles. The summed E-state index contributed by atoms with van der Waals surface area (Å²) in [7, 11) is 0. The van der Waals surface area contributed by atoms with Gasteiger partial charge in [-0.2, -0.15) is 0 Å². The van der Waals surface area contributed by atoms with E-state index in [4.69, 9.17) is 0 Å². The summed E-state index contributed by atoms with van der Waals surface area (Å²) in [4.78, 5) is 0. The molecule has 0 saturated heterocycles. The Morgan fingerprint density at radius 2 is 1.50 bits per heavy atom. The third kappa shape index (κ3) is 0.658. The van der Waals surface area contributed by atoms with Crippen LogP contribution < -0.4 is 10.6 Å². The van der Waals surface area contributed by atoms with Gasteiger partial charge in [0.25, 0.3) is 0 Å². The molecule has 0 amide bonds. The van der Waals surface area contributed by atoms with Crippen LogP contribution in [-0.4, -0.2) is 0 Å². The van der Waals surface area contributed by atoms with E-state index in [0.29, 0.717) is 0 Å². The van der Waals surface area contributed by atoms with Crippen LogP contribution in [0.5, 0.6) is 0 Å². The van der Waals surface area contributed by atoms with Gasteiger partial charge >= 0.3 is 0 Å². The maximum Gasteiger partial charge on any atom is 0.100 e. The first-order valence-corrected chi connectivity index (χ1v) is 3.18. The Labute approximate surface area is 59.6 Å². The van der Waals surface area contributed by atoms with Gasteiger partial charge in [0.1, 0.15) is 5.82 Å². The lowest BCUT2D eigenvalue weighted by molar-refractivity contribution is 1.52. The van der Waals surface area contributed by atoms with Crippen LogP contribution in [0.3, 0.4) is 0 Å². The quantitative estimate of drug-likeness (QED) is 0.564. The van der Waals surface area contributed by atoms with E-state index in [9.17, 15) is 0 Å². The molecule has 0 aliphatic carbocycles. The van der Waals surface area contributed by atoms with Crippen molar-refractivity contribution in [3.05, 3.63) is 36.7 Å². The fourth-order valence-corrected chi connectivity index (χ4v) is 1.06. The molecule has 0 bridgehead atoms. The van der Waals surface area contributed by atoms with Gasteiger partial charge in [-0.3, -0.25) is 0 Å². The molecule has 0 radical (unpaired) electrons. The van der Waals surface area contributed by atoms with Crippen molar-refractivity contribution in [1.29, 1.82) is 0 Å². The van der Waals surface area contributed by atoms with E-state index >= 15 is 0 Å². The molecule has 0 aromatic heterocycles. The average molecular weight is 132 g/mol. The molecule has 2 nitrogen and oxygen atoms in total. The summed E-state index contributed by atoms with van der Waals surface area (Å²) in [6.45, 7) is 3.75. The second kappa shape index (κ2) is 1.77. The Hall–Kier alpha value is -1.44. The summed E-state index contributed by atoms with van der Waals surface area (Å²) in [5, 5.41) is 6.18. The third-order valence-electron chi connectivity index (χ3n) is 1.50. The number of fused-ring (bicyclic) bond motifs is 1. The average Bonchev–Trinajstić information content (AvgIpc) is 2.27. The molecule has 1 aromatic rings. The van der Waals surface area contributed by atoms with Crippen molar-refractivity contribution in [1.82, 2.24) is 0 Å². The Kier molecular flexibility index (Phi) is 0.947. The molecule has 0 fully saturated rings. The fourth-order valence-electron chi connectivity index (χ4n) is 1.06. The second-order valence-corrected chi connectivity index (χ2v) is 2.27. The van der Waals surface area contributed by atoms with Gasteiger partial charge in [-0.05, 0) is 12.1 Å². The Morgan fingerprint density at radius 3 is 2.00 bits per heavy atom. The molecule has 0 atom stereocenters. The molecule has 0 unspecified atom stereocenters. The van der Waals surface area contributed by atoms with Gasteiger partial charge in [0.15, 0.2) is 0 Å². The highest BCUT2D eigenvalue weighted by molar-refractivity contribution is 5.78. The molecule has 0 spiro atoms. The molecular formula is C8H8N2. The highest BCUT2D eigenvalue weighted by Crippen LogP contribution is 2.28. The molecule has 1 aliphatic heterocycles. The van der Waals surface area contributed by atoms with Crippen molar-refractivity contribution < 1.29 is 0 Å². The van der Waals surface area contributed by atoms with E-state index in [1.165, 1.54) is 0 Å². The zero-order chi connectivity index (χ0) is 6.97. The molecule has 10 heavy (non-hydrogen) atoms. The van der Waals surface area contributed by atoms with Crippen LogP contribution in [0.2, 0.25) is 0 Å². The maximum atomic E-state index is 3.75. The van der Waals surface area contributed by atoms with Gasteiger partial charge in [0.05, 0.1) is 11.4 Å². The fraction of sp³-hybridized carbons (Fsp3) is 0. The first-order chi connectivity index (χ1) is 4.86. The number of hydrogen-bond acceptors (Lipinski definition) is 2. The SMILES string of the molecule is C=C1Nc2ccccc2N1. The molecular weight excluding hydrogens is 124 g/mol. The standard InChI is InChI=1S/C8H8N2/c1-6-9-7-4-2-3-5-8(7)10-6/h2-5,9-10H,1H2. The van der Waals surface area contributed by atoms with Crippen molar-refractivity contribution in [2.75, 3.05) is 10.6 Å². The smallest absolute Gasteiger partial charge is 0.100 e. The van der Waals surface area contributed by atoms with Crippen molar-refractivity contribution >= 4 is 11.4 Å². The number of hydrogen-bond donors (Lipinski definition) is 2. The van der Waals surface area contributed by atoms with Gasteiger partial charge in [0, 0.05) is 0 Å². The van der Waals surface area contributed by atoms with E-state index in [2.05, 4.69) is 17.2 Å². The second-order valence-electron chi connectivity index (χ2n) is 2.27. The van der Waals surface area contributed by atoms with Gasteiger partial charge < -0.3 is 10.6 Å². The number of anilines is 2. The predicted molar refractivity (Wildman–Crippen MR) is 42.8 cm³/mol. The third-order valence-corrected chi connectivity index (χ3v) is 1.50. The molecule has 0 saturated carbocycles. The minimum Gasteiger partial charge on any atom is -0.341 e. The predicted octanol–water partition coefficient (Wildman–Crippen LogP) is 2.00. The lowest BCUT2D eigenvalue weighted by Crippen LogP contribution is -1.94. The lowest BCUT2D eigenvalue weighted by atomic mass is 10.3. The number of para-hydroxylation sites is 2. The van der Waals surface area contributed by atoms with Crippen molar-refractivity contribution in [2.24, 2.45) is 0 Å². The normalized spacial score (nSPS) is 13.8. The summed E-state index contributed by atoms with van der Waals surface area (Å²) in [6.07, 6.45) is 0. The molecule has 50 valence electrons. The summed E-state index contributed by atoms with van der Waals surface area (Å²) < 4.78 is 0. The summed E-state index contributed by atoms with van der Waals surface area (Å²) in [5.41, 5.74) is 2.21. The minimum absolute atomic E-state index is 0.848. The molecule has 2 N–H and O–H groups in total. The largest absolute Gasteiger partial charge is 0.341 e. The van der Waals surface area contributed by atoms with Crippen LogP contribution >= 0.6 is 0 Å². The number of rotatable bonds is 0. The van der Waals surface area contributed by atoms with Crippen LogP contribution in [0.1, 0.15) is 0 Å². The van der Waals surface area contributed by atoms with Gasteiger partial charge in [-0.15, -0.1) is 0 Å². The summed E-state index contributed by atoms with van der Waals surface area (Å²) in [5.74, 6) is 0.848. The number of nitrogens with one attached hydrogen (secondary N) is 2. The Balaban J connectivity index is 2.51. The Morgan fingerprint density at radius 1 is 1.00 bits per heavy atom. The molecule has 2 heteroatoms. The van der Waals surface area contributed by atoms with E-state index in [-0.39, 0.29) is 0 Å². The lowest BCUT2D eigenvalue weighted by Gasteiger charge is -1.92. The van der Waals surface area contributed by atoms with Crippen molar-refractivity contribution in [3.63, 3.8) is 0 Å². The maximum absolute atomic E-state index is 3.75. The highest BCUT2D eigenvalue weighted by atomic mass is 15.2. The van der Waals surface area contributed by atoms with Crippen LogP contribution in [0.4, 0.5) is 11.4 Å². The molecule has 2 rings (SSSR count). The monoisotopic (exact) mass is 132 g/mol.